The molecule has 2 rings (SSSR count). The molecular weight excluding hydrogens is 283 g/mol. The van der Waals surface area contributed by atoms with E-state index in [4.69, 9.17) is 23.2 Å². The number of carbonyl (C=O) groups excluding carboxylic acids is 1. The molecule has 19 heavy (non-hydrogen) atoms. The Morgan fingerprint density at radius 1 is 1.42 bits per heavy atom. The molecule has 1 aromatic heterocycles. The van der Waals surface area contributed by atoms with Crippen LogP contribution in [-0.4, -0.2) is 10.9 Å². The maximum atomic E-state index is 11.9. The number of rotatable bonds is 4. The van der Waals surface area contributed by atoms with Crippen molar-refractivity contribution in [2.24, 2.45) is 5.92 Å². The first-order chi connectivity index (χ1) is 9.06. The highest BCUT2D eigenvalue weighted by Gasteiger charge is 2.17. The molecule has 1 N–H and O–H groups in total. The first-order valence-electron chi connectivity index (χ1n) is 6.68. The molecule has 1 heterocycles. The van der Waals surface area contributed by atoms with Crippen LogP contribution in [-0.2, 0) is 4.79 Å². The summed E-state index contributed by atoms with van der Waals surface area (Å²) in [5, 5.41) is 3.43. The van der Waals surface area contributed by atoms with Crippen molar-refractivity contribution in [3.05, 3.63) is 21.9 Å². The normalized spacial score (nSPS) is 15.7. The summed E-state index contributed by atoms with van der Waals surface area (Å²) in [6, 6.07) is 1.69. The van der Waals surface area contributed by atoms with Crippen molar-refractivity contribution in [1.29, 1.82) is 0 Å². The van der Waals surface area contributed by atoms with Gasteiger partial charge in [0.2, 0.25) is 5.91 Å². The van der Waals surface area contributed by atoms with Crippen molar-refractivity contribution in [3.63, 3.8) is 0 Å². The minimum absolute atomic E-state index is 0.000947. The van der Waals surface area contributed by atoms with E-state index in [-0.39, 0.29) is 11.1 Å². The van der Waals surface area contributed by atoms with Gasteiger partial charge in [-0.15, -0.1) is 0 Å². The number of pyridine rings is 1. The van der Waals surface area contributed by atoms with Crippen LogP contribution >= 0.6 is 23.2 Å². The predicted molar refractivity (Wildman–Crippen MR) is 78.8 cm³/mol. The summed E-state index contributed by atoms with van der Waals surface area (Å²) in [6.07, 6.45) is 6.63. The highest BCUT2D eigenvalue weighted by molar-refractivity contribution is 6.34. The zero-order chi connectivity index (χ0) is 13.8. The third-order valence-electron chi connectivity index (χ3n) is 3.66. The Morgan fingerprint density at radius 3 is 2.74 bits per heavy atom. The Kier molecular flexibility index (Phi) is 5.06. The first-order valence-corrected chi connectivity index (χ1v) is 7.44. The van der Waals surface area contributed by atoms with Crippen LogP contribution in [0.3, 0.4) is 0 Å². The molecule has 0 saturated heterocycles. The van der Waals surface area contributed by atoms with Crippen molar-refractivity contribution in [1.82, 2.24) is 4.98 Å². The van der Waals surface area contributed by atoms with Crippen LogP contribution < -0.4 is 5.32 Å². The largest absolute Gasteiger partial charge is 0.323 e. The number of nitrogens with one attached hydrogen (secondary N) is 1. The van der Waals surface area contributed by atoms with Gasteiger partial charge in [0.15, 0.2) is 5.15 Å². The molecule has 0 bridgehead atoms. The average molecular weight is 301 g/mol. The van der Waals surface area contributed by atoms with Gasteiger partial charge in [0.05, 0.1) is 5.69 Å². The number of aryl methyl sites for hydroxylation is 1. The molecule has 104 valence electrons. The van der Waals surface area contributed by atoms with Crippen molar-refractivity contribution < 1.29 is 4.79 Å². The molecule has 1 saturated carbocycles. The number of halogens is 2. The summed E-state index contributed by atoms with van der Waals surface area (Å²) in [6.45, 7) is 1.85. The Bertz CT molecular complexity index is 448. The van der Waals surface area contributed by atoms with Gasteiger partial charge < -0.3 is 5.32 Å². The summed E-state index contributed by atoms with van der Waals surface area (Å²) in [5.41, 5.74) is 1.40. The van der Waals surface area contributed by atoms with Crippen LogP contribution in [0, 0.1) is 12.8 Å². The molecule has 5 heteroatoms. The molecule has 0 spiro atoms. The van der Waals surface area contributed by atoms with Crippen molar-refractivity contribution in [2.75, 3.05) is 5.32 Å². The van der Waals surface area contributed by atoms with E-state index in [0.29, 0.717) is 23.2 Å². The van der Waals surface area contributed by atoms with Crippen LogP contribution in [0.4, 0.5) is 5.69 Å². The second-order valence-electron chi connectivity index (χ2n) is 5.17. The lowest BCUT2D eigenvalue weighted by atomic mass is 10.0. The van der Waals surface area contributed by atoms with E-state index in [1.807, 2.05) is 6.92 Å². The average Bonchev–Trinajstić information content (AvgIpc) is 2.84. The second-order valence-corrected chi connectivity index (χ2v) is 5.91. The Morgan fingerprint density at radius 2 is 2.11 bits per heavy atom. The molecule has 3 nitrogen and oxygen atoms in total. The number of carbonyl (C=O) groups is 1. The van der Waals surface area contributed by atoms with Gasteiger partial charge in [0.1, 0.15) is 5.15 Å². The minimum Gasteiger partial charge on any atom is -0.323 e. The topological polar surface area (TPSA) is 42.0 Å². The van der Waals surface area contributed by atoms with Gasteiger partial charge in [-0.2, -0.15) is 0 Å². The summed E-state index contributed by atoms with van der Waals surface area (Å²) >= 11 is 11.8. The molecule has 1 aliphatic carbocycles. The molecule has 0 radical (unpaired) electrons. The van der Waals surface area contributed by atoms with E-state index in [1.165, 1.54) is 25.7 Å². The van der Waals surface area contributed by atoms with Gasteiger partial charge in [-0.3, -0.25) is 4.79 Å². The van der Waals surface area contributed by atoms with Crippen LogP contribution in [0.1, 0.15) is 44.1 Å². The van der Waals surface area contributed by atoms with Crippen LogP contribution in [0.25, 0.3) is 0 Å². The molecule has 1 aliphatic rings. The lowest BCUT2D eigenvalue weighted by Crippen LogP contribution is -2.14. The molecule has 1 fully saturated rings. The van der Waals surface area contributed by atoms with Gasteiger partial charge in [-0.05, 0) is 30.9 Å². The van der Waals surface area contributed by atoms with Crippen LogP contribution in [0.5, 0.6) is 0 Å². The smallest absolute Gasteiger partial charge is 0.224 e. The monoisotopic (exact) mass is 300 g/mol. The van der Waals surface area contributed by atoms with Crippen molar-refractivity contribution in [3.8, 4) is 0 Å². The minimum atomic E-state index is 0.000947. The van der Waals surface area contributed by atoms with Gasteiger partial charge >= 0.3 is 0 Å². The molecule has 0 unspecified atom stereocenters. The summed E-state index contributed by atoms with van der Waals surface area (Å²) in [7, 11) is 0. The van der Waals surface area contributed by atoms with Gasteiger partial charge in [0, 0.05) is 6.42 Å². The Labute approximate surface area is 123 Å². The number of anilines is 1. The zero-order valence-corrected chi connectivity index (χ0v) is 12.5. The van der Waals surface area contributed by atoms with E-state index < -0.39 is 0 Å². The van der Waals surface area contributed by atoms with E-state index in [1.54, 1.807) is 6.07 Å². The molecule has 1 aromatic rings. The molecule has 0 aliphatic heterocycles. The highest BCUT2D eigenvalue weighted by Crippen LogP contribution is 2.29. The fourth-order valence-corrected chi connectivity index (χ4v) is 3.16. The number of hydrogen-bond donors (Lipinski definition) is 1. The summed E-state index contributed by atoms with van der Waals surface area (Å²) in [5.74, 6) is 0.715. The number of aromatic nitrogens is 1. The standard InChI is InChI=1S/C14H18Cl2N2O/c1-9-8-11(15)17-14(16)13(9)18-12(19)7-6-10-4-2-3-5-10/h8,10H,2-7H2,1H3,(H,18,19). The van der Waals surface area contributed by atoms with E-state index in [0.717, 1.165) is 12.0 Å². The second kappa shape index (κ2) is 6.58. The fraction of sp³-hybridized carbons (Fsp3) is 0.571. The fourth-order valence-electron chi connectivity index (χ4n) is 2.58. The zero-order valence-electron chi connectivity index (χ0n) is 11.0. The third kappa shape index (κ3) is 4.08. The quantitative estimate of drug-likeness (QED) is 0.825. The van der Waals surface area contributed by atoms with Crippen molar-refractivity contribution in [2.45, 2.75) is 45.4 Å². The summed E-state index contributed by atoms with van der Waals surface area (Å²) in [4.78, 5) is 15.9. The first kappa shape index (κ1) is 14.6. The number of hydrogen-bond acceptors (Lipinski definition) is 2. The maximum Gasteiger partial charge on any atom is 0.224 e. The Balaban J connectivity index is 1.91. The van der Waals surface area contributed by atoms with E-state index in [2.05, 4.69) is 10.3 Å². The Hall–Kier alpha value is -0.800. The van der Waals surface area contributed by atoms with E-state index >= 15 is 0 Å². The lowest BCUT2D eigenvalue weighted by molar-refractivity contribution is -0.116. The van der Waals surface area contributed by atoms with Gasteiger partial charge in [-0.1, -0.05) is 48.9 Å². The van der Waals surface area contributed by atoms with E-state index in [9.17, 15) is 4.79 Å². The summed E-state index contributed by atoms with van der Waals surface area (Å²) < 4.78 is 0. The van der Waals surface area contributed by atoms with Crippen LogP contribution in [0.15, 0.2) is 6.07 Å². The lowest BCUT2D eigenvalue weighted by Gasteiger charge is -2.12. The SMILES string of the molecule is Cc1cc(Cl)nc(Cl)c1NC(=O)CCC1CCCC1. The molecule has 0 atom stereocenters. The number of nitrogens with zero attached hydrogens (tertiary/aromatic N) is 1. The van der Waals surface area contributed by atoms with Gasteiger partial charge in [0.25, 0.3) is 0 Å². The van der Waals surface area contributed by atoms with Crippen LogP contribution in [0.2, 0.25) is 10.3 Å². The highest BCUT2D eigenvalue weighted by atomic mass is 35.5. The predicted octanol–water partition coefficient (Wildman–Crippen LogP) is 4.61. The van der Waals surface area contributed by atoms with Crippen molar-refractivity contribution >= 4 is 34.8 Å². The third-order valence-corrected chi connectivity index (χ3v) is 4.13. The maximum absolute atomic E-state index is 11.9. The molecular formula is C14H18Cl2N2O. The molecule has 0 aromatic carbocycles. The molecule has 1 amide bonds. The number of amides is 1. The van der Waals surface area contributed by atoms with Gasteiger partial charge in [-0.25, -0.2) is 4.98 Å².